The predicted octanol–water partition coefficient (Wildman–Crippen LogP) is 0.671. The summed E-state index contributed by atoms with van der Waals surface area (Å²) in [5.41, 5.74) is 0. The van der Waals surface area contributed by atoms with Crippen molar-refractivity contribution < 1.29 is 9.53 Å². The van der Waals surface area contributed by atoms with Crippen molar-refractivity contribution in [1.29, 1.82) is 0 Å². The molecule has 0 spiro atoms. The Morgan fingerprint density at radius 2 is 2.10 bits per heavy atom. The average molecular weight is 311 g/mol. The zero-order chi connectivity index (χ0) is 14.9. The lowest BCUT2D eigenvalue weighted by atomic mass is 10.3. The third-order valence-corrected chi connectivity index (χ3v) is 4.65. The number of methoxy groups -OCH3 is 1. The van der Waals surface area contributed by atoms with E-state index in [2.05, 4.69) is 26.6 Å². The fraction of sp³-hybridized carbons (Fsp3) is 0.667. The maximum absolute atomic E-state index is 11.9. The molecule has 0 saturated carbocycles. The Morgan fingerprint density at radius 3 is 2.76 bits per heavy atom. The van der Waals surface area contributed by atoms with Gasteiger partial charge < -0.3 is 10.1 Å². The van der Waals surface area contributed by atoms with Gasteiger partial charge in [-0.1, -0.05) is 6.07 Å². The van der Waals surface area contributed by atoms with E-state index < -0.39 is 0 Å². The number of hydrogen-bond donors (Lipinski definition) is 1. The van der Waals surface area contributed by atoms with Gasteiger partial charge in [0.25, 0.3) is 0 Å². The number of nitrogens with zero attached hydrogens (tertiary/aromatic N) is 2. The second kappa shape index (κ2) is 9.15. The molecule has 21 heavy (non-hydrogen) atoms. The highest BCUT2D eigenvalue weighted by molar-refractivity contribution is 7.09. The zero-order valence-electron chi connectivity index (χ0n) is 12.7. The van der Waals surface area contributed by atoms with Gasteiger partial charge in [0.2, 0.25) is 5.91 Å². The van der Waals surface area contributed by atoms with Crippen molar-refractivity contribution >= 4 is 17.2 Å². The van der Waals surface area contributed by atoms with Crippen molar-refractivity contribution in [3.63, 3.8) is 0 Å². The molecule has 2 heterocycles. The summed E-state index contributed by atoms with van der Waals surface area (Å²) < 4.78 is 5.09. The Labute approximate surface area is 130 Å². The lowest BCUT2D eigenvalue weighted by Crippen LogP contribution is -2.50. The number of thiophene rings is 1. The smallest absolute Gasteiger partial charge is 0.234 e. The fourth-order valence-corrected chi connectivity index (χ4v) is 3.14. The van der Waals surface area contributed by atoms with Crippen LogP contribution in [-0.4, -0.2) is 75.2 Å². The van der Waals surface area contributed by atoms with Gasteiger partial charge in [0.1, 0.15) is 0 Å². The van der Waals surface area contributed by atoms with E-state index >= 15 is 0 Å². The highest BCUT2D eigenvalue weighted by Gasteiger charge is 2.18. The first kappa shape index (κ1) is 16.4. The molecule has 2 rings (SSSR count). The lowest BCUT2D eigenvalue weighted by molar-refractivity contribution is -0.122. The molecule has 0 atom stereocenters. The zero-order valence-corrected chi connectivity index (χ0v) is 13.5. The first-order valence-corrected chi connectivity index (χ1v) is 8.38. The number of amides is 1. The molecule has 1 fully saturated rings. The van der Waals surface area contributed by atoms with Crippen molar-refractivity contribution in [2.75, 3.05) is 59.5 Å². The van der Waals surface area contributed by atoms with E-state index in [1.807, 2.05) is 6.07 Å². The fourth-order valence-electron chi connectivity index (χ4n) is 2.43. The van der Waals surface area contributed by atoms with Crippen LogP contribution in [0.4, 0.5) is 0 Å². The molecule has 5 nitrogen and oxygen atoms in total. The first-order chi connectivity index (χ1) is 10.3. The van der Waals surface area contributed by atoms with Crippen molar-refractivity contribution in [3.05, 3.63) is 22.4 Å². The third kappa shape index (κ3) is 6.13. The molecule has 1 aromatic heterocycles. The van der Waals surface area contributed by atoms with Gasteiger partial charge in [-0.15, -0.1) is 11.3 Å². The molecule has 118 valence electrons. The van der Waals surface area contributed by atoms with Gasteiger partial charge in [0, 0.05) is 51.3 Å². The highest BCUT2D eigenvalue weighted by Crippen LogP contribution is 2.08. The van der Waals surface area contributed by atoms with Crippen LogP contribution in [0.5, 0.6) is 0 Å². The Kier molecular flexibility index (Phi) is 7.15. The van der Waals surface area contributed by atoms with E-state index in [0.717, 1.165) is 52.3 Å². The number of hydrogen-bond acceptors (Lipinski definition) is 5. The number of rotatable bonds is 8. The van der Waals surface area contributed by atoms with Gasteiger partial charge in [-0.3, -0.25) is 14.6 Å². The van der Waals surface area contributed by atoms with E-state index in [1.165, 1.54) is 4.88 Å². The number of carbonyl (C=O) groups is 1. The van der Waals surface area contributed by atoms with Crippen molar-refractivity contribution in [1.82, 2.24) is 15.1 Å². The average Bonchev–Trinajstić information content (AvgIpc) is 3.00. The Bertz CT molecular complexity index is 403. The number of nitrogens with one attached hydrogen (secondary N) is 1. The molecule has 0 aromatic carbocycles. The molecule has 1 aliphatic rings. The molecule has 1 aliphatic heterocycles. The quantitative estimate of drug-likeness (QED) is 0.766. The summed E-state index contributed by atoms with van der Waals surface area (Å²) in [6, 6.07) is 4.15. The Balaban J connectivity index is 1.56. The molecule has 0 radical (unpaired) electrons. The largest absolute Gasteiger partial charge is 0.383 e. The number of piperazine rings is 1. The van der Waals surface area contributed by atoms with Crippen LogP contribution in [0.1, 0.15) is 4.88 Å². The summed E-state index contributed by atoms with van der Waals surface area (Å²) >= 11 is 1.74. The van der Waals surface area contributed by atoms with Crippen LogP contribution in [0.2, 0.25) is 0 Å². The van der Waals surface area contributed by atoms with Crippen LogP contribution in [0.3, 0.4) is 0 Å². The first-order valence-electron chi connectivity index (χ1n) is 7.50. The van der Waals surface area contributed by atoms with Gasteiger partial charge in [-0.2, -0.15) is 0 Å². The minimum Gasteiger partial charge on any atom is -0.383 e. The van der Waals surface area contributed by atoms with Gasteiger partial charge in [-0.25, -0.2) is 0 Å². The molecule has 0 aliphatic carbocycles. The van der Waals surface area contributed by atoms with E-state index in [-0.39, 0.29) is 5.91 Å². The Hall–Kier alpha value is -0.950. The van der Waals surface area contributed by atoms with Gasteiger partial charge in [0.05, 0.1) is 13.2 Å². The van der Waals surface area contributed by atoms with Gasteiger partial charge in [-0.05, 0) is 17.9 Å². The van der Waals surface area contributed by atoms with Gasteiger partial charge in [0.15, 0.2) is 0 Å². The van der Waals surface area contributed by atoms with Crippen LogP contribution < -0.4 is 5.32 Å². The second-order valence-electron chi connectivity index (χ2n) is 5.29. The molecular formula is C15H25N3O2S. The second-order valence-corrected chi connectivity index (χ2v) is 6.32. The van der Waals surface area contributed by atoms with Crippen LogP contribution in [0.15, 0.2) is 17.5 Å². The number of carbonyl (C=O) groups excluding carboxylic acids is 1. The minimum atomic E-state index is 0.136. The molecule has 1 amide bonds. The molecule has 6 heteroatoms. The van der Waals surface area contributed by atoms with E-state index in [1.54, 1.807) is 18.4 Å². The normalized spacial score (nSPS) is 17.0. The molecule has 1 saturated heterocycles. The highest BCUT2D eigenvalue weighted by atomic mass is 32.1. The van der Waals surface area contributed by atoms with Gasteiger partial charge >= 0.3 is 0 Å². The van der Waals surface area contributed by atoms with Crippen molar-refractivity contribution in [2.45, 2.75) is 6.42 Å². The van der Waals surface area contributed by atoms with E-state index in [0.29, 0.717) is 6.54 Å². The summed E-state index contributed by atoms with van der Waals surface area (Å²) in [4.78, 5) is 17.8. The van der Waals surface area contributed by atoms with E-state index in [4.69, 9.17) is 4.74 Å². The molecule has 0 unspecified atom stereocenters. The third-order valence-electron chi connectivity index (χ3n) is 3.72. The summed E-state index contributed by atoms with van der Waals surface area (Å²) in [5.74, 6) is 0.136. The molecular weight excluding hydrogens is 286 g/mol. The maximum atomic E-state index is 11.9. The summed E-state index contributed by atoms with van der Waals surface area (Å²) in [6.45, 7) is 6.97. The van der Waals surface area contributed by atoms with Crippen LogP contribution in [0.25, 0.3) is 0 Å². The predicted molar refractivity (Wildman–Crippen MR) is 85.8 cm³/mol. The van der Waals surface area contributed by atoms with Crippen LogP contribution in [0, 0.1) is 0 Å². The Morgan fingerprint density at radius 1 is 1.33 bits per heavy atom. The summed E-state index contributed by atoms with van der Waals surface area (Å²) in [5, 5.41) is 5.08. The maximum Gasteiger partial charge on any atom is 0.234 e. The SMILES string of the molecule is COCCN1CCN(CC(=O)NCCc2cccs2)CC1. The van der Waals surface area contributed by atoms with Crippen LogP contribution in [-0.2, 0) is 16.0 Å². The summed E-state index contributed by atoms with van der Waals surface area (Å²) in [6.07, 6.45) is 0.925. The monoisotopic (exact) mass is 311 g/mol. The molecule has 1 aromatic rings. The molecule has 0 bridgehead atoms. The standard InChI is InChI=1S/C15H25N3O2S/c1-20-11-10-17-6-8-18(9-7-17)13-15(19)16-5-4-14-3-2-12-21-14/h2-3,12H,4-11,13H2,1H3,(H,16,19). The summed E-state index contributed by atoms with van der Waals surface area (Å²) in [7, 11) is 1.73. The molecule has 1 N–H and O–H groups in total. The van der Waals surface area contributed by atoms with Crippen molar-refractivity contribution in [3.8, 4) is 0 Å². The minimum absolute atomic E-state index is 0.136. The topological polar surface area (TPSA) is 44.8 Å². The van der Waals surface area contributed by atoms with Crippen LogP contribution >= 0.6 is 11.3 Å². The van der Waals surface area contributed by atoms with Crippen molar-refractivity contribution in [2.24, 2.45) is 0 Å². The van der Waals surface area contributed by atoms with E-state index in [9.17, 15) is 4.79 Å². The number of ether oxygens (including phenoxy) is 1. The lowest BCUT2D eigenvalue weighted by Gasteiger charge is -2.34.